The van der Waals surface area contributed by atoms with Gasteiger partial charge in [0.2, 0.25) is 0 Å². The highest BCUT2D eigenvalue weighted by molar-refractivity contribution is 5.41. The molecule has 0 bridgehead atoms. The van der Waals surface area contributed by atoms with Gasteiger partial charge in [-0.3, -0.25) is 0 Å². The van der Waals surface area contributed by atoms with Crippen LogP contribution in [0.15, 0.2) is 0 Å². The lowest BCUT2D eigenvalue weighted by molar-refractivity contribution is 0.516. The lowest BCUT2D eigenvalue weighted by atomic mass is 10.0. The molecule has 17 heavy (non-hydrogen) atoms. The normalized spacial score (nSPS) is 24.2. The smallest absolute Gasteiger partial charge is 0.134 e. The van der Waals surface area contributed by atoms with Crippen molar-refractivity contribution in [1.29, 1.82) is 0 Å². The molecule has 0 amide bonds. The number of rotatable bonds is 3. The number of hydrogen-bond acceptors (Lipinski definition) is 3. The van der Waals surface area contributed by atoms with Crippen molar-refractivity contribution in [2.45, 2.75) is 58.8 Å². The molecule has 1 saturated carbocycles. The van der Waals surface area contributed by atoms with Gasteiger partial charge in [0.1, 0.15) is 11.6 Å². The molecule has 1 aromatic heterocycles. The largest absolute Gasteiger partial charge is 0.383 e. The predicted molar refractivity (Wildman–Crippen MR) is 70.9 cm³/mol. The second kappa shape index (κ2) is 5.03. The average Bonchev–Trinajstić information content (AvgIpc) is 2.81. The number of aromatic nitrogens is 2. The summed E-state index contributed by atoms with van der Waals surface area (Å²) in [5.74, 6) is 3.05. The molecule has 1 fully saturated rings. The molecule has 2 rings (SSSR count). The third-order valence-electron chi connectivity index (χ3n) is 4.12. The molecule has 2 atom stereocenters. The fraction of sp³-hybridized carbons (Fsp3) is 0.714. The van der Waals surface area contributed by atoms with Gasteiger partial charge in [-0.15, -0.1) is 0 Å². The highest BCUT2D eigenvalue weighted by Gasteiger charge is 2.27. The summed E-state index contributed by atoms with van der Waals surface area (Å²) in [4.78, 5) is 9.21. The zero-order chi connectivity index (χ0) is 12.4. The highest BCUT2D eigenvalue weighted by Crippen LogP contribution is 2.38. The molecular weight excluding hydrogens is 210 g/mol. The van der Waals surface area contributed by atoms with Gasteiger partial charge in [0, 0.05) is 17.2 Å². The summed E-state index contributed by atoms with van der Waals surface area (Å²) in [6.07, 6.45) is 6.00. The molecule has 0 aromatic carbocycles. The van der Waals surface area contributed by atoms with Gasteiger partial charge in [-0.2, -0.15) is 0 Å². The first-order valence-electron chi connectivity index (χ1n) is 6.78. The molecular formula is C14H23N3. The Balaban J connectivity index is 2.25. The van der Waals surface area contributed by atoms with Gasteiger partial charge >= 0.3 is 0 Å². The van der Waals surface area contributed by atoms with Crippen molar-refractivity contribution in [3.05, 3.63) is 17.1 Å². The van der Waals surface area contributed by atoms with Gasteiger partial charge in [-0.1, -0.05) is 20.3 Å². The summed E-state index contributed by atoms with van der Waals surface area (Å²) in [6, 6.07) is 0. The molecule has 0 saturated heterocycles. The molecule has 0 radical (unpaired) electrons. The first kappa shape index (κ1) is 12.3. The maximum Gasteiger partial charge on any atom is 0.134 e. The minimum absolute atomic E-state index is 0.535. The Morgan fingerprint density at radius 3 is 2.59 bits per heavy atom. The van der Waals surface area contributed by atoms with Crippen molar-refractivity contribution in [3.8, 4) is 0 Å². The Labute approximate surface area is 104 Å². The van der Waals surface area contributed by atoms with E-state index in [1.807, 2.05) is 6.92 Å². The Morgan fingerprint density at radius 1 is 1.24 bits per heavy atom. The van der Waals surface area contributed by atoms with E-state index in [2.05, 4.69) is 18.8 Å². The summed E-state index contributed by atoms with van der Waals surface area (Å²) in [5, 5.41) is 0. The van der Waals surface area contributed by atoms with Crippen molar-refractivity contribution in [2.75, 3.05) is 5.73 Å². The third-order valence-corrected chi connectivity index (χ3v) is 4.12. The summed E-state index contributed by atoms with van der Waals surface area (Å²) in [5.41, 5.74) is 8.16. The first-order chi connectivity index (χ1) is 8.15. The van der Waals surface area contributed by atoms with Gasteiger partial charge in [0.15, 0.2) is 0 Å². The van der Waals surface area contributed by atoms with Crippen LogP contribution >= 0.6 is 0 Å². The van der Waals surface area contributed by atoms with Crippen LogP contribution in [0.4, 0.5) is 5.82 Å². The SMILES string of the molecule is CCc1nc(C2CCC(CC)C2)nc(N)c1C. The number of anilines is 1. The molecule has 2 unspecified atom stereocenters. The van der Waals surface area contributed by atoms with E-state index >= 15 is 0 Å². The van der Waals surface area contributed by atoms with E-state index in [0.717, 1.165) is 29.4 Å². The van der Waals surface area contributed by atoms with Crippen LogP contribution in [0.3, 0.4) is 0 Å². The quantitative estimate of drug-likeness (QED) is 0.872. The standard InChI is InChI=1S/C14H23N3/c1-4-10-6-7-11(8-10)14-16-12(5-2)9(3)13(15)17-14/h10-11H,4-8H2,1-3H3,(H2,15,16,17). The molecule has 94 valence electrons. The van der Waals surface area contributed by atoms with Crippen LogP contribution in [-0.4, -0.2) is 9.97 Å². The van der Waals surface area contributed by atoms with Crippen LogP contribution in [0.1, 0.15) is 62.5 Å². The first-order valence-corrected chi connectivity index (χ1v) is 6.78. The monoisotopic (exact) mass is 233 g/mol. The summed E-state index contributed by atoms with van der Waals surface area (Å²) in [6.45, 7) is 6.42. The van der Waals surface area contributed by atoms with Crippen LogP contribution < -0.4 is 5.73 Å². The lowest BCUT2D eigenvalue weighted by Gasteiger charge is -2.13. The topological polar surface area (TPSA) is 51.8 Å². The van der Waals surface area contributed by atoms with Gasteiger partial charge in [0.05, 0.1) is 0 Å². The number of nitrogens with two attached hydrogens (primary N) is 1. The van der Waals surface area contributed by atoms with Crippen molar-refractivity contribution < 1.29 is 0 Å². The minimum Gasteiger partial charge on any atom is -0.383 e. The van der Waals surface area contributed by atoms with E-state index in [1.54, 1.807) is 0 Å². The zero-order valence-electron chi connectivity index (χ0n) is 11.2. The average molecular weight is 233 g/mol. The molecule has 1 aliphatic rings. The lowest BCUT2D eigenvalue weighted by Crippen LogP contribution is -2.09. The van der Waals surface area contributed by atoms with Crippen LogP contribution in [0, 0.1) is 12.8 Å². The highest BCUT2D eigenvalue weighted by atomic mass is 15.0. The molecule has 1 aliphatic carbocycles. The second-order valence-electron chi connectivity index (χ2n) is 5.18. The fourth-order valence-electron chi connectivity index (χ4n) is 2.81. The fourth-order valence-corrected chi connectivity index (χ4v) is 2.81. The Morgan fingerprint density at radius 2 is 2.00 bits per heavy atom. The minimum atomic E-state index is 0.535. The van der Waals surface area contributed by atoms with Crippen molar-refractivity contribution in [1.82, 2.24) is 9.97 Å². The second-order valence-corrected chi connectivity index (χ2v) is 5.18. The van der Waals surface area contributed by atoms with Gasteiger partial charge < -0.3 is 5.73 Å². The molecule has 2 N–H and O–H groups in total. The number of nitrogens with zero attached hydrogens (tertiary/aromatic N) is 2. The molecule has 3 heteroatoms. The van der Waals surface area contributed by atoms with Gasteiger partial charge in [-0.05, 0) is 38.5 Å². The van der Waals surface area contributed by atoms with Gasteiger partial charge in [-0.25, -0.2) is 9.97 Å². The Hall–Kier alpha value is -1.12. The molecule has 0 spiro atoms. The molecule has 1 heterocycles. The Bertz CT molecular complexity index is 401. The number of hydrogen-bond donors (Lipinski definition) is 1. The summed E-state index contributed by atoms with van der Waals surface area (Å²) in [7, 11) is 0. The summed E-state index contributed by atoms with van der Waals surface area (Å²) >= 11 is 0. The van der Waals surface area contributed by atoms with Crippen LogP contribution in [-0.2, 0) is 6.42 Å². The van der Waals surface area contributed by atoms with E-state index < -0.39 is 0 Å². The predicted octanol–water partition coefficient (Wildman–Crippen LogP) is 3.22. The molecule has 0 aliphatic heterocycles. The third kappa shape index (κ3) is 2.43. The number of aryl methyl sites for hydroxylation is 1. The van der Waals surface area contributed by atoms with E-state index in [9.17, 15) is 0 Å². The van der Waals surface area contributed by atoms with Crippen molar-refractivity contribution in [2.24, 2.45) is 5.92 Å². The maximum absolute atomic E-state index is 5.98. The van der Waals surface area contributed by atoms with Crippen LogP contribution in [0.2, 0.25) is 0 Å². The van der Waals surface area contributed by atoms with Crippen LogP contribution in [0.25, 0.3) is 0 Å². The zero-order valence-corrected chi connectivity index (χ0v) is 11.2. The van der Waals surface area contributed by atoms with E-state index in [1.165, 1.54) is 25.7 Å². The van der Waals surface area contributed by atoms with E-state index in [0.29, 0.717) is 11.7 Å². The maximum atomic E-state index is 5.98. The number of nitrogen functional groups attached to an aromatic ring is 1. The van der Waals surface area contributed by atoms with Gasteiger partial charge in [0.25, 0.3) is 0 Å². The molecule has 3 nitrogen and oxygen atoms in total. The Kier molecular flexibility index (Phi) is 3.65. The van der Waals surface area contributed by atoms with E-state index in [-0.39, 0.29) is 0 Å². The van der Waals surface area contributed by atoms with Crippen molar-refractivity contribution >= 4 is 5.82 Å². The summed E-state index contributed by atoms with van der Waals surface area (Å²) < 4.78 is 0. The van der Waals surface area contributed by atoms with Crippen LogP contribution in [0.5, 0.6) is 0 Å². The van der Waals surface area contributed by atoms with E-state index in [4.69, 9.17) is 10.7 Å². The molecule has 1 aromatic rings. The van der Waals surface area contributed by atoms with Crippen molar-refractivity contribution in [3.63, 3.8) is 0 Å².